The molecule has 0 saturated heterocycles. The molecule has 2 aliphatic heterocycles. The van der Waals surface area contributed by atoms with Crippen molar-refractivity contribution < 1.29 is 14.2 Å². The summed E-state index contributed by atoms with van der Waals surface area (Å²) >= 11 is 0. The van der Waals surface area contributed by atoms with Crippen molar-refractivity contribution in [3.8, 4) is 0 Å². The second-order valence-corrected chi connectivity index (χ2v) is 12.1. The van der Waals surface area contributed by atoms with Crippen molar-refractivity contribution in [1.82, 2.24) is 5.06 Å². The third-order valence-corrected chi connectivity index (χ3v) is 6.53. The van der Waals surface area contributed by atoms with Crippen LogP contribution in [0.15, 0.2) is 58.2 Å². The summed E-state index contributed by atoms with van der Waals surface area (Å²) in [4.78, 5) is 14.0. The van der Waals surface area contributed by atoms with Gasteiger partial charge in [0.25, 0.3) is 11.4 Å². The van der Waals surface area contributed by atoms with Crippen LogP contribution in [0.25, 0.3) is 0 Å². The van der Waals surface area contributed by atoms with Crippen LogP contribution < -0.4 is 0 Å². The first-order chi connectivity index (χ1) is 16.8. The van der Waals surface area contributed by atoms with E-state index in [4.69, 9.17) is 9.47 Å². The molecule has 0 spiro atoms. The van der Waals surface area contributed by atoms with Crippen molar-refractivity contribution in [1.29, 1.82) is 0 Å². The third kappa shape index (κ3) is 7.05. The summed E-state index contributed by atoms with van der Waals surface area (Å²) in [5, 5.41) is 14.9. The van der Waals surface area contributed by atoms with Gasteiger partial charge in [-0.1, -0.05) is 74.3 Å². The highest BCUT2D eigenvalue weighted by Gasteiger charge is 2.44. The molecule has 6 nitrogen and oxygen atoms in total. The van der Waals surface area contributed by atoms with Crippen LogP contribution in [-0.2, 0) is 9.47 Å². The smallest absolute Gasteiger partial charge is 0.289 e. The molecule has 0 amide bonds. The molecule has 0 aromatic rings. The molecular weight excluding hydrogens is 452 g/mol. The minimum atomic E-state index is -0.399. The molecule has 0 N–H and O–H groups in total. The van der Waals surface area contributed by atoms with Crippen LogP contribution in [-0.4, -0.2) is 35.2 Å². The maximum atomic E-state index is 14.0. The van der Waals surface area contributed by atoms with Gasteiger partial charge in [-0.2, -0.15) is 0 Å². The van der Waals surface area contributed by atoms with Crippen molar-refractivity contribution in [3.05, 3.63) is 68.4 Å². The largest absolute Gasteiger partial charge is 0.754 e. The molecule has 0 fully saturated rings. The van der Waals surface area contributed by atoms with E-state index in [1.165, 1.54) is 0 Å². The fourth-order valence-corrected chi connectivity index (χ4v) is 4.50. The van der Waals surface area contributed by atoms with E-state index in [0.29, 0.717) is 36.0 Å². The maximum absolute atomic E-state index is 14.0. The predicted octanol–water partition coefficient (Wildman–Crippen LogP) is 7.93. The molecule has 0 aliphatic carbocycles. The number of nitroso groups, excluding NO2 is 1. The normalized spacial score (nSPS) is 21.1. The maximum Gasteiger partial charge on any atom is 0.289 e. The number of hydroxylamine groups is 2. The average molecular weight is 501 g/mol. The molecule has 0 aromatic carbocycles. The molecule has 36 heavy (non-hydrogen) atoms. The van der Waals surface area contributed by atoms with Gasteiger partial charge >= 0.3 is 0 Å². The number of hydrogen-bond acceptors (Lipinski definition) is 5. The molecule has 2 atom stereocenters. The number of hydrogen-bond donors (Lipinski definition) is 0. The number of rotatable bonds is 10. The number of nitrogens with zero attached hydrogens (tertiary/aromatic N) is 2. The molecule has 0 unspecified atom stereocenters. The van der Waals surface area contributed by atoms with Crippen LogP contribution in [0.2, 0.25) is 0 Å². The second kappa shape index (κ2) is 12.5. The van der Waals surface area contributed by atoms with Gasteiger partial charge < -0.3 is 19.7 Å². The first-order valence-electron chi connectivity index (χ1n) is 13.4. The first kappa shape index (κ1) is 30.2. The Balaban J connectivity index is 2.54. The van der Waals surface area contributed by atoms with Crippen LogP contribution >= 0.6 is 0 Å². The molecule has 6 heteroatoms. The first-order valence-corrected chi connectivity index (χ1v) is 13.4. The Hall–Kier alpha value is -2.02. The van der Waals surface area contributed by atoms with Gasteiger partial charge in [0.15, 0.2) is 6.10 Å². The fourth-order valence-electron chi connectivity index (χ4n) is 4.50. The van der Waals surface area contributed by atoms with E-state index in [9.17, 15) is 10.1 Å². The van der Waals surface area contributed by atoms with Crippen molar-refractivity contribution in [2.75, 3.05) is 13.2 Å². The molecule has 0 saturated carbocycles. The summed E-state index contributed by atoms with van der Waals surface area (Å²) in [5.74, 6) is 0. The minimum absolute atomic E-state index is 0.290. The van der Waals surface area contributed by atoms with Crippen LogP contribution in [0.3, 0.4) is 0 Å². The minimum Gasteiger partial charge on any atom is -0.754 e. The average Bonchev–Trinajstić information content (AvgIpc) is 2.76. The van der Waals surface area contributed by atoms with E-state index in [0.717, 1.165) is 46.7 Å². The van der Waals surface area contributed by atoms with E-state index in [1.54, 1.807) is 0 Å². The highest BCUT2D eigenvalue weighted by molar-refractivity contribution is 5.48. The van der Waals surface area contributed by atoms with Crippen LogP contribution in [0.5, 0.6) is 0 Å². The third-order valence-electron chi connectivity index (χ3n) is 6.53. The SMILES string of the molecule is CCCCO[C@@H](C1=CC=C(C)C(=C2C(C)=CC=C([C@H](OCCCC)C(C)(C)C)[N+]2=O)N1[O-])C(C)(C)C. The Morgan fingerprint density at radius 1 is 0.833 bits per heavy atom. The lowest BCUT2D eigenvalue weighted by atomic mass is 9.84. The highest BCUT2D eigenvalue weighted by Crippen LogP contribution is 2.40. The van der Waals surface area contributed by atoms with E-state index in [2.05, 4.69) is 55.4 Å². The van der Waals surface area contributed by atoms with E-state index < -0.39 is 12.2 Å². The molecule has 2 heterocycles. The molecule has 0 aromatic heterocycles. The van der Waals surface area contributed by atoms with Gasteiger partial charge in [-0.3, -0.25) is 0 Å². The van der Waals surface area contributed by atoms with Gasteiger partial charge in [-0.05, 0) is 55.2 Å². The molecule has 0 bridgehead atoms. The lowest BCUT2D eigenvalue weighted by molar-refractivity contribution is -0.459. The summed E-state index contributed by atoms with van der Waals surface area (Å²) in [7, 11) is 0. The van der Waals surface area contributed by atoms with Crippen molar-refractivity contribution in [2.24, 2.45) is 10.8 Å². The summed E-state index contributed by atoms with van der Waals surface area (Å²) in [6.07, 6.45) is 10.6. The zero-order valence-electron chi connectivity index (χ0n) is 24.2. The van der Waals surface area contributed by atoms with Gasteiger partial charge in [0.2, 0.25) is 0 Å². The summed E-state index contributed by atoms with van der Waals surface area (Å²) < 4.78 is 13.4. The van der Waals surface area contributed by atoms with Crippen molar-refractivity contribution >= 4 is 0 Å². The van der Waals surface area contributed by atoms with E-state index in [-0.39, 0.29) is 10.8 Å². The monoisotopic (exact) mass is 500 g/mol. The predicted molar refractivity (Wildman–Crippen MR) is 148 cm³/mol. The van der Waals surface area contributed by atoms with Crippen molar-refractivity contribution in [3.63, 3.8) is 0 Å². The molecular formula is C30H48N2O4. The van der Waals surface area contributed by atoms with Crippen LogP contribution in [0.1, 0.15) is 94.9 Å². The Morgan fingerprint density at radius 2 is 1.33 bits per heavy atom. The molecule has 2 aliphatic rings. The highest BCUT2D eigenvalue weighted by atomic mass is 16.5. The zero-order valence-corrected chi connectivity index (χ0v) is 24.2. The topological polar surface area (TPSA) is 64.8 Å². The number of allylic oxidation sites excluding steroid dienone is 6. The quantitative estimate of drug-likeness (QED) is 0.225. The van der Waals surface area contributed by atoms with Crippen LogP contribution in [0.4, 0.5) is 0 Å². The van der Waals surface area contributed by atoms with E-state index in [1.807, 2.05) is 38.2 Å². The lowest BCUT2D eigenvalue weighted by Gasteiger charge is -2.44. The molecule has 202 valence electrons. The molecule has 2 rings (SSSR count). The summed E-state index contributed by atoms with van der Waals surface area (Å²) in [6.45, 7) is 21.6. The fraction of sp³-hybridized carbons (Fsp3) is 0.667. The Bertz CT molecular complexity index is 954. The number of unbranched alkanes of at least 4 members (excludes halogenated alkanes) is 2. The second-order valence-electron chi connectivity index (χ2n) is 12.1. The van der Waals surface area contributed by atoms with Gasteiger partial charge in [-0.15, -0.1) is 0 Å². The van der Waals surface area contributed by atoms with Gasteiger partial charge in [0, 0.05) is 35.5 Å². The molecule has 0 radical (unpaired) electrons. The summed E-state index contributed by atoms with van der Waals surface area (Å²) in [5.41, 5.74) is 2.71. The van der Waals surface area contributed by atoms with Crippen LogP contribution in [0, 0.1) is 20.9 Å². The van der Waals surface area contributed by atoms with Gasteiger partial charge in [-0.25, -0.2) is 0 Å². The number of ether oxygens (including phenoxy) is 2. The van der Waals surface area contributed by atoms with Gasteiger partial charge in [0.05, 0.1) is 4.76 Å². The standard InChI is InChI=1S/C30H48N2O4/c1-11-13-19-35-27(29(5,6)7)23-17-15-21(3)25(31(23)33)26-22(4)16-18-24(32(26)34)28(30(8,9)10)36-20-14-12-2/h15-18,27-28H,11-14,19-20H2,1-10H3/t27-,28-/m0/s1. The zero-order chi connectivity index (χ0) is 27.3. The van der Waals surface area contributed by atoms with Gasteiger partial charge in [0.1, 0.15) is 11.8 Å². The Kier molecular flexibility index (Phi) is 10.5. The lowest BCUT2D eigenvalue weighted by Crippen LogP contribution is -2.40. The van der Waals surface area contributed by atoms with Crippen molar-refractivity contribution in [2.45, 2.75) is 107 Å². The summed E-state index contributed by atoms with van der Waals surface area (Å²) in [6, 6.07) is 0. The Morgan fingerprint density at radius 3 is 1.83 bits per heavy atom. The van der Waals surface area contributed by atoms with E-state index >= 15 is 0 Å². The Labute approximate surface area is 219 Å².